The van der Waals surface area contributed by atoms with Crippen molar-refractivity contribution in [3.8, 4) is 0 Å². The summed E-state index contributed by atoms with van der Waals surface area (Å²) < 4.78 is 0. The maximum Gasteiger partial charge on any atom is 0.252 e. The highest BCUT2D eigenvalue weighted by atomic mass is 16.1. The number of hydrogen-bond donors (Lipinski definition) is 2. The molecule has 0 aliphatic rings. The standard InChI is InChI=1S/C15H19N3O/c1-11(2)15-17-13(10-14(19)18-15)16-9-8-12-6-4-3-5-7-12/h3-7,10-11H,8-9H2,1-2H3,(H2,16,17,18,19). The van der Waals surface area contributed by atoms with Crippen molar-refractivity contribution in [3.63, 3.8) is 0 Å². The van der Waals surface area contributed by atoms with Crippen molar-refractivity contribution in [1.82, 2.24) is 9.97 Å². The Morgan fingerprint density at radius 2 is 2.00 bits per heavy atom. The zero-order valence-electron chi connectivity index (χ0n) is 11.3. The Balaban J connectivity index is 1.98. The highest BCUT2D eigenvalue weighted by Gasteiger charge is 2.04. The van der Waals surface area contributed by atoms with E-state index in [1.807, 2.05) is 32.0 Å². The fourth-order valence-electron chi connectivity index (χ4n) is 1.82. The van der Waals surface area contributed by atoms with Gasteiger partial charge < -0.3 is 10.3 Å². The Bertz CT molecular complexity index is 575. The van der Waals surface area contributed by atoms with Crippen LogP contribution in [-0.2, 0) is 6.42 Å². The predicted octanol–water partition coefficient (Wildman–Crippen LogP) is 2.55. The third-order valence-corrected chi connectivity index (χ3v) is 2.87. The Hall–Kier alpha value is -2.10. The van der Waals surface area contributed by atoms with E-state index in [1.54, 1.807) is 0 Å². The van der Waals surface area contributed by atoms with Crippen molar-refractivity contribution >= 4 is 5.82 Å². The smallest absolute Gasteiger partial charge is 0.252 e. The molecule has 2 rings (SSSR count). The summed E-state index contributed by atoms with van der Waals surface area (Å²) in [5.41, 5.74) is 1.16. The molecular formula is C15H19N3O. The maximum absolute atomic E-state index is 11.5. The van der Waals surface area contributed by atoms with Crippen LogP contribution >= 0.6 is 0 Å². The van der Waals surface area contributed by atoms with Gasteiger partial charge in [-0.25, -0.2) is 4.98 Å². The number of benzene rings is 1. The summed E-state index contributed by atoms with van der Waals surface area (Å²) in [5, 5.41) is 3.20. The van der Waals surface area contributed by atoms with Gasteiger partial charge in [-0.3, -0.25) is 4.79 Å². The number of aromatic nitrogens is 2. The Kier molecular flexibility index (Phi) is 4.34. The number of nitrogens with zero attached hydrogens (tertiary/aromatic N) is 1. The zero-order valence-corrected chi connectivity index (χ0v) is 11.3. The van der Waals surface area contributed by atoms with Gasteiger partial charge in [0.2, 0.25) is 0 Å². The fourth-order valence-corrected chi connectivity index (χ4v) is 1.82. The summed E-state index contributed by atoms with van der Waals surface area (Å²) in [6.07, 6.45) is 0.909. The molecule has 4 nitrogen and oxygen atoms in total. The molecule has 0 radical (unpaired) electrons. The van der Waals surface area contributed by atoms with Gasteiger partial charge in [0.1, 0.15) is 11.6 Å². The molecule has 0 amide bonds. The van der Waals surface area contributed by atoms with E-state index in [4.69, 9.17) is 0 Å². The first-order chi connectivity index (χ1) is 9.15. The molecule has 0 fully saturated rings. The number of nitrogens with one attached hydrogen (secondary N) is 2. The Labute approximate surface area is 112 Å². The third-order valence-electron chi connectivity index (χ3n) is 2.87. The fraction of sp³-hybridized carbons (Fsp3) is 0.333. The largest absolute Gasteiger partial charge is 0.370 e. The first-order valence-corrected chi connectivity index (χ1v) is 6.54. The summed E-state index contributed by atoms with van der Waals surface area (Å²) in [4.78, 5) is 18.7. The molecule has 0 bridgehead atoms. The van der Waals surface area contributed by atoms with Crippen LogP contribution in [-0.4, -0.2) is 16.5 Å². The van der Waals surface area contributed by atoms with Crippen molar-refractivity contribution in [1.29, 1.82) is 0 Å². The summed E-state index contributed by atoms with van der Waals surface area (Å²) in [6, 6.07) is 11.7. The SMILES string of the molecule is CC(C)c1nc(NCCc2ccccc2)cc(=O)[nH]1. The van der Waals surface area contributed by atoms with Crippen molar-refractivity contribution < 1.29 is 0 Å². The second-order valence-corrected chi connectivity index (χ2v) is 4.83. The van der Waals surface area contributed by atoms with E-state index >= 15 is 0 Å². The molecular weight excluding hydrogens is 238 g/mol. The highest BCUT2D eigenvalue weighted by molar-refractivity contribution is 5.33. The second-order valence-electron chi connectivity index (χ2n) is 4.83. The number of rotatable bonds is 5. The summed E-state index contributed by atoms with van der Waals surface area (Å²) in [6.45, 7) is 4.77. The normalized spacial score (nSPS) is 10.7. The van der Waals surface area contributed by atoms with Gasteiger partial charge >= 0.3 is 0 Å². The van der Waals surface area contributed by atoms with Crippen LogP contribution in [0.4, 0.5) is 5.82 Å². The van der Waals surface area contributed by atoms with E-state index in [2.05, 4.69) is 27.4 Å². The molecule has 1 heterocycles. The number of aromatic amines is 1. The summed E-state index contributed by atoms with van der Waals surface area (Å²) in [5.74, 6) is 1.57. The molecule has 0 saturated heterocycles. The molecule has 1 aromatic heterocycles. The van der Waals surface area contributed by atoms with E-state index in [0.717, 1.165) is 18.8 Å². The molecule has 4 heteroatoms. The average molecular weight is 257 g/mol. The molecule has 0 atom stereocenters. The Morgan fingerprint density at radius 3 is 2.68 bits per heavy atom. The highest BCUT2D eigenvalue weighted by Crippen LogP contribution is 2.09. The predicted molar refractivity (Wildman–Crippen MR) is 77.6 cm³/mol. The van der Waals surface area contributed by atoms with Crippen LogP contribution < -0.4 is 10.9 Å². The molecule has 100 valence electrons. The lowest BCUT2D eigenvalue weighted by atomic mass is 10.1. The van der Waals surface area contributed by atoms with E-state index in [-0.39, 0.29) is 11.5 Å². The van der Waals surface area contributed by atoms with Gasteiger partial charge in [-0.05, 0) is 12.0 Å². The molecule has 2 aromatic rings. The van der Waals surface area contributed by atoms with E-state index in [9.17, 15) is 4.79 Å². The van der Waals surface area contributed by atoms with Crippen molar-refractivity contribution in [2.24, 2.45) is 0 Å². The number of hydrogen-bond acceptors (Lipinski definition) is 3. The van der Waals surface area contributed by atoms with Crippen molar-refractivity contribution in [2.45, 2.75) is 26.2 Å². The van der Waals surface area contributed by atoms with Crippen LogP contribution in [0.2, 0.25) is 0 Å². The lowest BCUT2D eigenvalue weighted by Gasteiger charge is -2.09. The molecule has 0 saturated carbocycles. The third kappa shape index (κ3) is 3.95. The summed E-state index contributed by atoms with van der Waals surface area (Å²) in [7, 11) is 0. The first kappa shape index (κ1) is 13.3. The van der Waals surface area contributed by atoms with E-state index in [0.29, 0.717) is 5.82 Å². The van der Waals surface area contributed by atoms with Gasteiger partial charge in [0.05, 0.1) is 0 Å². The van der Waals surface area contributed by atoms with Crippen LogP contribution in [0.5, 0.6) is 0 Å². The van der Waals surface area contributed by atoms with Crippen LogP contribution in [0.15, 0.2) is 41.2 Å². The minimum atomic E-state index is -0.110. The molecule has 19 heavy (non-hydrogen) atoms. The minimum Gasteiger partial charge on any atom is -0.370 e. The second kappa shape index (κ2) is 6.18. The van der Waals surface area contributed by atoms with Gasteiger partial charge in [-0.1, -0.05) is 44.2 Å². The van der Waals surface area contributed by atoms with Crippen LogP contribution in [0.1, 0.15) is 31.2 Å². The van der Waals surface area contributed by atoms with Gasteiger partial charge in [0.15, 0.2) is 0 Å². The zero-order chi connectivity index (χ0) is 13.7. The summed E-state index contributed by atoms with van der Waals surface area (Å²) >= 11 is 0. The molecule has 1 aromatic carbocycles. The Morgan fingerprint density at radius 1 is 1.26 bits per heavy atom. The quantitative estimate of drug-likeness (QED) is 0.865. The lowest BCUT2D eigenvalue weighted by molar-refractivity contribution is 0.766. The van der Waals surface area contributed by atoms with Gasteiger partial charge in [0.25, 0.3) is 5.56 Å². The van der Waals surface area contributed by atoms with Gasteiger partial charge in [-0.15, -0.1) is 0 Å². The number of H-pyrrole nitrogens is 1. The molecule has 0 unspecified atom stereocenters. The van der Waals surface area contributed by atoms with Crippen LogP contribution in [0.25, 0.3) is 0 Å². The van der Waals surface area contributed by atoms with Crippen LogP contribution in [0.3, 0.4) is 0 Å². The maximum atomic E-state index is 11.5. The molecule has 0 spiro atoms. The molecule has 0 aliphatic carbocycles. The van der Waals surface area contributed by atoms with Gasteiger partial charge in [-0.2, -0.15) is 0 Å². The monoisotopic (exact) mass is 257 g/mol. The number of anilines is 1. The van der Waals surface area contributed by atoms with Crippen molar-refractivity contribution in [2.75, 3.05) is 11.9 Å². The minimum absolute atomic E-state index is 0.110. The van der Waals surface area contributed by atoms with Crippen molar-refractivity contribution in [3.05, 3.63) is 58.1 Å². The van der Waals surface area contributed by atoms with E-state index < -0.39 is 0 Å². The molecule has 2 N–H and O–H groups in total. The lowest BCUT2D eigenvalue weighted by Crippen LogP contribution is -2.15. The average Bonchev–Trinajstić information content (AvgIpc) is 2.39. The molecule has 0 aliphatic heterocycles. The van der Waals surface area contributed by atoms with Crippen LogP contribution in [0, 0.1) is 0 Å². The van der Waals surface area contributed by atoms with E-state index in [1.165, 1.54) is 11.6 Å². The first-order valence-electron chi connectivity index (χ1n) is 6.54. The van der Waals surface area contributed by atoms with Gasteiger partial charge in [0, 0.05) is 18.5 Å². The topological polar surface area (TPSA) is 57.8 Å².